The van der Waals surface area contributed by atoms with Gasteiger partial charge in [-0.1, -0.05) is 244 Å². The van der Waals surface area contributed by atoms with Crippen LogP contribution in [0.4, 0.5) is 34.1 Å². The lowest BCUT2D eigenvalue weighted by Gasteiger charge is -2.34. The highest BCUT2D eigenvalue weighted by molar-refractivity contribution is 9.10. The van der Waals surface area contributed by atoms with E-state index in [1.54, 1.807) is 0 Å². The Bertz CT molecular complexity index is 3240. The lowest BCUT2D eigenvalue weighted by atomic mass is 9.70. The van der Waals surface area contributed by atoms with E-state index < -0.39 is 0 Å². The smallest absolute Gasteiger partial charge is 0.0540 e. The Labute approximate surface area is 464 Å². The highest BCUT2D eigenvalue weighted by Crippen LogP contribution is 2.57. The third kappa shape index (κ3) is 11.8. The van der Waals surface area contributed by atoms with Gasteiger partial charge >= 0.3 is 0 Å². The van der Waals surface area contributed by atoms with Gasteiger partial charge in [-0.3, -0.25) is 0 Å². The van der Waals surface area contributed by atoms with E-state index in [1.165, 1.54) is 138 Å². The molecule has 0 heterocycles. The fourth-order valence-corrected chi connectivity index (χ4v) is 12.3. The van der Waals surface area contributed by atoms with Crippen molar-refractivity contribution in [2.45, 2.75) is 109 Å². The number of rotatable bonds is 23. The SMILES string of the molecule is CCCCCCCCC1(CCCCCCCC)c2cc(-c3ccc(N(c4ccc(Br)cc4)c4ccccc4-c4ccccc4)cc3)ccc2-c2ccc(N(c3ccc(Br)cc3)c3cccc(-c4ccccc4)c3)cc21. The van der Waals surface area contributed by atoms with Gasteiger partial charge in [-0.2, -0.15) is 0 Å². The van der Waals surface area contributed by atoms with E-state index in [0.29, 0.717) is 0 Å². The second-order valence-corrected chi connectivity index (χ2v) is 22.4. The maximum Gasteiger partial charge on any atom is 0.0540 e. The molecule has 0 atom stereocenters. The zero-order valence-corrected chi connectivity index (χ0v) is 47.0. The first kappa shape index (κ1) is 52.0. The van der Waals surface area contributed by atoms with Crippen molar-refractivity contribution in [2.75, 3.05) is 9.80 Å². The van der Waals surface area contributed by atoms with Crippen LogP contribution >= 0.6 is 31.9 Å². The lowest BCUT2D eigenvalue weighted by molar-refractivity contribution is 0.398. The van der Waals surface area contributed by atoms with E-state index in [4.69, 9.17) is 0 Å². The Hall–Kier alpha value is -6.46. The molecule has 0 aromatic heterocycles. The van der Waals surface area contributed by atoms with Crippen LogP contribution in [0.2, 0.25) is 0 Å². The van der Waals surface area contributed by atoms with E-state index in [-0.39, 0.29) is 5.41 Å². The van der Waals surface area contributed by atoms with Crippen LogP contribution in [0.3, 0.4) is 0 Å². The van der Waals surface area contributed by atoms with Crippen molar-refractivity contribution in [1.82, 2.24) is 0 Å². The van der Waals surface area contributed by atoms with E-state index in [1.807, 2.05) is 0 Å². The number of halogens is 2. The van der Waals surface area contributed by atoms with Crippen LogP contribution in [-0.4, -0.2) is 0 Å². The van der Waals surface area contributed by atoms with Crippen LogP contribution in [0.1, 0.15) is 115 Å². The number of fused-ring (bicyclic) bond motifs is 3. The van der Waals surface area contributed by atoms with Gasteiger partial charge in [0.2, 0.25) is 0 Å². The molecule has 0 amide bonds. The molecule has 0 saturated heterocycles. The number of anilines is 6. The summed E-state index contributed by atoms with van der Waals surface area (Å²) in [5.74, 6) is 0. The molecule has 4 heteroatoms. The fraction of sp³-hybridized carbons (Fsp3) is 0.239. The number of hydrogen-bond acceptors (Lipinski definition) is 2. The normalized spacial score (nSPS) is 12.3. The summed E-state index contributed by atoms with van der Waals surface area (Å²) in [6, 6.07) is 81.1. The van der Waals surface area contributed by atoms with Gasteiger partial charge in [0.15, 0.2) is 0 Å². The number of unbranched alkanes of at least 4 members (excludes halogenated alkanes) is 10. The van der Waals surface area contributed by atoms with Crippen LogP contribution in [0.25, 0.3) is 44.5 Å². The molecule has 0 N–H and O–H groups in total. The topological polar surface area (TPSA) is 6.48 Å². The van der Waals surface area contributed by atoms with Gasteiger partial charge in [-0.05, 0) is 160 Å². The molecule has 378 valence electrons. The van der Waals surface area contributed by atoms with Gasteiger partial charge in [0.1, 0.15) is 0 Å². The third-order valence-electron chi connectivity index (χ3n) is 15.6. The third-order valence-corrected chi connectivity index (χ3v) is 16.6. The molecule has 1 aliphatic rings. The molecule has 0 radical (unpaired) electrons. The summed E-state index contributed by atoms with van der Waals surface area (Å²) >= 11 is 7.45. The molecule has 10 rings (SSSR count). The average molecular weight is 1110 g/mol. The summed E-state index contributed by atoms with van der Waals surface area (Å²) in [6.07, 6.45) is 17.7. The number of hydrogen-bond donors (Lipinski definition) is 0. The summed E-state index contributed by atoms with van der Waals surface area (Å²) < 4.78 is 2.14. The van der Waals surface area contributed by atoms with Crippen LogP contribution in [-0.2, 0) is 5.41 Å². The second-order valence-electron chi connectivity index (χ2n) is 20.6. The van der Waals surface area contributed by atoms with E-state index in [9.17, 15) is 0 Å². The van der Waals surface area contributed by atoms with Crippen LogP contribution < -0.4 is 9.80 Å². The quantitative estimate of drug-likeness (QED) is 0.0589. The van der Waals surface area contributed by atoms with Gasteiger partial charge in [0, 0.05) is 48.4 Å². The first-order chi connectivity index (χ1) is 36.9. The Morgan fingerprint density at radius 1 is 0.307 bits per heavy atom. The minimum atomic E-state index is -0.122. The Balaban J connectivity index is 1.08. The molecule has 0 spiro atoms. The predicted molar refractivity (Wildman–Crippen MR) is 330 cm³/mol. The maximum atomic E-state index is 3.75. The zero-order valence-electron chi connectivity index (χ0n) is 43.8. The largest absolute Gasteiger partial charge is 0.310 e. The Morgan fingerprint density at radius 3 is 1.35 bits per heavy atom. The fourth-order valence-electron chi connectivity index (χ4n) is 11.7. The summed E-state index contributed by atoms with van der Waals surface area (Å²) in [5.41, 5.74) is 19.9. The van der Waals surface area contributed by atoms with Crippen molar-refractivity contribution in [1.29, 1.82) is 0 Å². The minimum absolute atomic E-state index is 0.122. The van der Waals surface area contributed by atoms with Crippen molar-refractivity contribution in [3.8, 4) is 44.5 Å². The van der Waals surface area contributed by atoms with Gasteiger partial charge < -0.3 is 9.80 Å². The Morgan fingerprint density at radius 2 is 0.733 bits per heavy atom. The molecule has 0 aliphatic heterocycles. The van der Waals surface area contributed by atoms with E-state index in [2.05, 4.69) is 274 Å². The lowest BCUT2D eigenvalue weighted by Crippen LogP contribution is -2.26. The standard InChI is InChI=1S/C71H70Br2N2/c1-3-5-7-9-11-21-48-71(49-22-12-10-8-6-4-2)68-51-57(54-32-39-61(40-33-54)75(62-43-37-59(73)38-44-62)70-31-20-19-30-65(70)55-26-17-14-18-27-55)34-46-66(68)67-47-45-64(52-69(67)71)74(60-41-35-58(72)36-42-60)63-29-23-28-56(50-63)53-24-15-13-16-25-53/h13-20,23-47,50-52H,3-12,21-22,48-49H2,1-2H3. The molecule has 2 nitrogen and oxygen atoms in total. The molecule has 0 bridgehead atoms. The molecular weight excluding hydrogens is 1040 g/mol. The molecule has 0 saturated carbocycles. The molecular formula is C71H70Br2N2. The summed E-state index contributed by atoms with van der Waals surface area (Å²) in [5, 5.41) is 0. The van der Waals surface area contributed by atoms with Crippen molar-refractivity contribution < 1.29 is 0 Å². The molecule has 0 unspecified atom stereocenters. The van der Waals surface area contributed by atoms with Gasteiger partial charge in [-0.15, -0.1) is 0 Å². The zero-order chi connectivity index (χ0) is 51.4. The number of para-hydroxylation sites is 1. The first-order valence-corrected chi connectivity index (χ1v) is 29.3. The van der Waals surface area contributed by atoms with E-state index in [0.717, 1.165) is 50.2 Å². The first-order valence-electron chi connectivity index (χ1n) is 27.8. The average Bonchev–Trinajstić information content (AvgIpc) is 3.74. The van der Waals surface area contributed by atoms with Crippen LogP contribution in [0.15, 0.2) is 227 Å². The predicted octanol–water partition coefficient (Wildman–Crippen LogP) is 22.9. The number of benzene rings is 9. The van der Waals surface area contributed by atoms with Gasteiger partial charge in [-0.25, -0.2) is 0 Å². The highest BCUT2D eigenvalue weighted by atomic mass is 79.9. The monoisotopic (exact) mass is 1110 g/mol. The van der Waals surface area contributed by atoms with Crippen molar-refractivity contribution in [3.05, 3.63) is 238 Å². The molecule has 0 fully saturated rings. The molecule has 1 aliphatic carbocycles. The molecule has 9 aromatic rings. The highest BCUT2D eigenvalue weighted by Gasteiger charge is 2.43. The van der Waals surface area contributed by atoms with Gasteiger partial charge in [0.05, 0.1) is 5.69 Å². The van der Waals surface area contributed by atoms with Crippen molar-refractivity contribution in [3.63, 3.8) is 0 Å². The minimum Gasteiger partial charge on any atom is -0.310 e. The van der Waals surface area contributed by atoms with Crippen molar-refractivity contribution in [2.24, 2.45) is 0 Å². The molecule has 75 heavy (non-hydrogen) atoms. The van der Waals surface area contributed by atoms with Crippen LogP contribution in [0, 0.1) is 0 Å². The van der Waals surface area contributed by atoms with Gasteiger partial charge in [0.25, 0.3) is 0 Å². The summed E-state index contributed by atoms with van der Waals surface area (Å²) in [4.78, 5) is 4.88. The summed E-state index contributed by atoms with van der Waals surface area (Å²) in [7, 11) is 0. The van der Waals surface area contributed by atoms with E-state index >= 15 is 0 Å². The van der Waals surface area contributed by atoms with Crippen LogP contribution in [0.5, 0.6) is 0 Å². The van der Waals surface area contributed by atoms with Crippen molar-refractivity contribution >= 4 is 66.0 Å². The number of nitrogens with zero attached hydrogens (tertiary/aromatic N) is 2. The Kier molecular flexibility index (Phi) is 17.3. The summed E-state index contributed by atoms with van der Waals surface area (Å²) in [6.45, 7) is 4.65. The maximum absolute atomic E-state index is 3.75. The second kappa shape index (κ2) is 24.9. The molecule has 9 aromatic carbocycles.